The molecule has 0 aliphatic carbocycles. The van der Waals surface area contributed by atoms with Gasteiger partial charge in [0.1, 0.15) is 0 Å². The maximum absolute atomic E-state index is 6.17. The zero-order valence-corrected chi connectivity index (χ0v) is 13.7. The Bertz CT molecular complexity index is 501. The first-order valence-electron chi connectivity index (χ1n) is 6.23. The van der Waals surface area contributed by atoms with Gasteiger partial charge in [-0.25, -0.2) is 0 Å². The molecule has 2 rings (SSSR count). The van der Waals surface area contributed by atoms with Crippen molar-refractivity contribution in [1.29, 1.82) is 0 Å². The highest BCUT2D eigenvalue weighted by Gasteiger charge is 2.10. The minimum atomic E-state index is 0.550. The van der Waals surface area contributed by atoms with Crippen LogP contribution in [0.15, 0.2) is 54.6 Å². The number of halogens is 2. The lowest BCUT2D eigenvalue weighted by atomic mass is 10.0. The molecular weight excluding hydrogens is 340 g/mol. The van der Waals surface area contributed by atoms with Crippen LogP contribution in [0.1, 0.15) is 17.0 Å². The van der Waals surface area contributed by atoms with E-state index in [0.29, 0.717) is 5.92 Å². The van der Waals surface area contributed by atoms with Crippen LogP contribution in [-0.2, 0) is 5.75 Å². The maximum atomic E-state index is 6.17. The summed E-state index contributed by atoms with van der Waals surface area (Å²) in [5, 5.41) is 1.86. The van der Waals surface area contributed by atoms with E-state index in [4.69, 9.17) is 11.6 Å². The van der Waals surface area contributed by atoms with Gasteiger partial charge in [0.15, 0.2) is 0 Å². The van der Waals surface area contributed by atoms with Crippen LogP contribution in [0.25, 0.3) is 0 Å². The normalized spacial score (nSPS) is 12.3. The molecule has 0 N–H and O–H groups in total. The van der Waals surface area contributed by atoms with Crippen LogP contribution in [0.2, 0.25) is 5.02 Å². The van der Waals surface area contributed by atoms with Crippen LogP contribution in [0, 0.1) is 0 Å². The second-order valence-corrected chi connectivity index (χ2v) is 6.45. The third-order valence-corrected chi connectivity index (χ3v) is 5.30. The predicted octanol–water partition coefficient (Wildman–Crippen LogP) is 5.75. The lowest BCUT2D eigenvalue weighted by Gasteiger charge is -2.14. The molecule has 0 spiro atoms. The van der Waals surface area contributed by atoms with Gasteiger partial charge in [0.25, 0.3) is 0 Å². The van der Waals surface area contributed by atoms with Crippen LogP contribution in [-0.4, -0.2) is 11.1 Å². The lowest BCUT2D eigenvalue weighted by Crippen LogP contribution is -2.03. The van der Waals surface area contributed by atoms with Crippen molar-refractivity contribution >= 4 is 39.3 Å². The third-order valence-electron chi connectivity index (χ3n) is 2.99. The standard InChI is InChI=1S/C16H16BrClS/c17-10-15(13-6-2-1-3-7-13)12-19-11-14-8-4-5-9-16(14)18/h1-9,15H,10-12H2. The molecule has 0 saturated heterocycles. The van der Waals surface area contributed by atoms with Gasteiger partial charge in [0.2, 0.25) is 0 Å². The van der Waals surface area contributed by atoms with Gasteiger partial charge in [-0.1, -0.05) is 76.1 Å². The van der Waals surface area contributed by atoms with Crippen molar-refractivity contribution in [3.63, 3.8) is 0 Å². The molecule has 0 radical (unpaired) electrons. The zero-order chi connectivity index (χ0) is 13.5. The van der Waals surface area contributed by atoms with E-state index in [2.05, 4.69) is 52.3 Å². The highest BCUT2D eigenvalue weighted by atomic mass is 79.9. The Morgan fingerprint density at radius 3 is 2.37 bits per heavy atom. The van der Waals surface area contributed by atoms with Crippen LogP contribution >= 0.6 is 39.3 Å². The first-order valence-corrected chi connectivity index (χ1v) is 8.88. The average molecular weight is 356 g/mol. The van der Waals surface area contributed by atoms with Crippen molar-refractivity contribution in [3.8, 4) is 0 Å². The van der Waals surface area contributed by atoms with E-state index in [1.54, 1.807) is 0 Å². The zero-order valence-electron chi connectivity index (χ0n) is 10.6. The number of thioether (sulfide) groups is 1. The van der Waals surface area contributed by atoms with Gasteiger partial charge < -0.3 is 0 Å². The second-order valence-electron chi connectivity index (χ2n) is 4.37. The van der Waals surface area contributed by atoms with E-state index >= 15 is 0 Å². The summed E-state index contributed by atoms with van der Waals surface area (Å²) in [5.74, 6) is 2.62. The Labute approximate surface area is 132 Å². The summed E-state index contributed by atoms with van der Waals surface area (Å²) in [6.45, 7) is 0. The maximum Gasteiger partial charge on any atom is 0.0446 e. The van der Waals surface area contributed by atoms with Crippen LogP contribution in [0.4, 0.5) is 0 Å². The molecule has 0 aromatic heterocycles. The molecule has 0 fully saturated rings. The Hall–Kier alpha value is -0.440. The van der Waals surface area contributed by atoms with Crippen molar-refractivity contribution < 1.29 is 0 Å². The van der Waals surface area contributed by atoms with Crippen LogP contribution < -0.4 is 0 Å². The molecule has 1 unspecified atom stereocenters. The number of hydrogen-bond acceptors (Lipinski definition) is 1. The summed E-state index contributed by atoms with van der Waals surface area (Å²) in [5.41, 5.74) is 2.61. The van der Waals surface area contributed by atoms with E-state index < -0.39 is 0 Å². The Morgan fingerprint density at radius 2 is 1.68 bits per heavy atom. The van der Waals surface area contributed by atoms with Gasteiger partial charge in [0, 0.05) is 27.8 Å². The Kier molecular flexibility index (Phi) is 6.29. The van der Waals surface area contributed by atoms with Gasteiger partial charge in [-0.15, -0.1) is 0 Å². The number of hydrogen-bond donors (Lipinski definition) is 0. The topological polar surface area (TPSA) is 0 Å². The number of alkyl halides is 1. The highest BCUT2D eigenvalue weighted by Crippen LogP contribution is 2.27. The smallest absolute Gasteiger partial charge is 0.0446 e. The fourth-order valence-corrected chi connectivity index (χ4v) is 4.25. The largest absolute Gasteiger partial charge is 0.156 e. The van der Waals surface area contributed by atoms with Crippen molar-refractivity contribution in [3.05, 3.63) is 70.7 Å². The molecule has 0 bridgehead atoms. The molecule has 100 valence electrons. The minimum Gasteiger partial charge on any atom is -0.156 e. The highest BCUT2D eigenvalue weighted by molar-refractivity contribution is 9.09. The van der Waals surface area contributed by atoms with E-state index in [-0.39, 0.29) is 0 Å². The van der Waals surface area contributed by atoms with E-state index in [1.807, 2.05) is 30.0 Å². The number of benzene rings is 2. The molecule has 0 saturated carbocycles. The van der Waals surface area contributed by atoms with E-state index in [9.17, 15) is 0 Å². The van der Waals surface area contributed by atoms with Gasteiger partial charge in [-0.3, -0.25) is 0 Å². The Morgan fingerprint density at radius 1 is 1.00 bits per heavy atom. The molecule has 3 heteroatoms. The summed E-state index contributed by atoms with van der Waals surface area (Å²) in [7, 11) is 0. The summed E-state index contributed by atoms with van der Waals surface area (Å²) in [6.07, 6.45) is 0. The fraction of sp³-hybridized carbons (Fsp3) is 0.250. The van der Waals surface area contributed by atoms with Gasteiger partial charge in [-0.2, -0.15) is 11.8 Å². The van der Waals surface area contributed by atoms with Gasteiger partial charge >= 0.3 is 0 Å². The summed E-state index contributed by atoms with van der Waals surface area (Å²) in [6, 6.07) is 18.7. The van der Waals surface area contributed by atoms with E-state index in [0.717, 1.165) is 21.9 Å². The molecule has 0 nitrogen and oxygen atoms in total. The molecule has 2 aromatic carbocycles. The molecule has 0 amide bonds. The lowest BCUT2D eigenvalue weighted by molar-refractivity contribution is 0.902. The summed E-state index contributed by atoms with van der Waals surface area (Å²) >= 11 is 11.7. The minimum absolute atomic E-state index is 0.550. The monoisotopic (exact) mass is 354 g/mol. The molecular formula is C16H16BrClS. The molecule has 19 heavy (non-hydrogen) atoms. The van der Waals surface area contributed by atoms with Crippen molar-refractivity contribution in [2.24, 2.45) is 0 Å². The third kappa shape index (κ3) is 4.55. The van der Waals surface area contributed by atoms with Crippen molar-refractivity contribution in [1.82, 2.24) is 0 Å². The van der Waals surface area contributed by atoms with Crippen molar-refractivity contribution in [2.45, 2.75) is 11.7 Å². The molecule has 0 aliphatic heterocycles. The molecule has 0 aliphatic rings. The molecule has 1 atom stereocenters. The Balaban J connectivity index is 1.89. The summed E-state index contributed by atoms with van der Waals surface area (Å²) in [4.78, 5) is 0. The summed E-state index contributed by atoms with van der Waals surface area (Å²) < 4.78 is 0. The van der Waals surface area contributed by atoms with Crippen LogP contribution in [0.3, 0.4) is 0 Å². The van der Waals surface area contributed by atoms with E-state index in [1.165, 1.54) is 11.1 Å². The SMILES string of the molecule is Clc1ccccc1CSCC(CBr)c1ccccc1. The van der Waals surface area contributed by atoms with Gasteiger partial charge in [-0.05, 0) is 17.2 Å². The fourth-order valence-electron chi connectivity index (χ4n) is 1.88. The average Bonchev–Trinajstić information content (AvgIpc) is 2.46. The molecule has 2 aromatic rings. The van der Waals surface area contributed by atoms with Crippen molar-refractivity contribution in [2.75, 3.05) is 11.1 Å². The van der Waals surface area contributed by atoms with Crippen LogP contribution in [0.5, 0.6) is 0 Å². The quantitative estimate of drug-likeness (QED) is 0.594. The van der Waals surface area contributed by atoms with Gasteiger partial charge in [0.05, 0.1) is 0 Å². The first-order chi connectivity index (χ1) is 9.31. The second kappa shape index (κ2) is 7.98. The first kappa shape index (κ1) is 15.0. The molecule has 0 heterocycles. The number of rotatable bonds is 6. The predicted molar refractivity (Wildman–Crippen MR) is 90.6 cm³/mol.